The van der Waals surface area contributed by atoms with E-state index in [9.17, 15) is 8.42 Å². The van der Waals surface area contributed by atoms with Crippen LogP contribution in [0.2, 0.25) is 5.02 Å². The highest BCUT2D eigenvalue weighted by molar-refractivity contribution is 7.92. The van der Waals surface area contributed by atoms with E-state index in [1.165, 1.54) is 12.1 Å². The number of sulfonamides is 1. The first kappa shape index (κ1) is 22.7. The molecule has 0 aliphatic heterocycles. The predicted molar refractivity (Wildman–Crippen MR) is 133 cm³/mol. The zero-order valence-electron chi connectivity index (χ0n) is 18.1. The van der Waals surface area contributed by atoms with Crippen molar-refractivity contribution in [1.82, 2.24) is 19.9 Å². The minimum atomic E-state index is -4.09. The smallest absolute Gasteiger partial charge is 0.264 e. The molecule has 3 aromatic heterocycles. The molecule has 2 aromatic carbocycles. The summed E-state index contributed by atoms with van der Waals surface area (Å²) in [4.78, 5) is 17.4. The Morgan fingerprint density at radius 1 is 0.771 bits per heavy atom. The molecule has 0 saturated carbocycles. The van der Waals surface area contributed by atoms with Crippen molar-refractivity contribution in [3.8, 4) is 5.88 Å². The molecule has 0 radical (unpaired) electrons. The van der Waals surface area contributed by atoms with E-state index in [4.69, 9.17) is 16.3 Å². The van der Waals surface area contributed by atoms with Crippen LogP contribution in [-0.2, 0) is 10.0 Å². The van der Waals surface area contributed by atoms with Gasteiger partial charge in [0.1, 0.15) is 4.90 Å². The molecule has 0 saturated heterocycles. The van der Waals surface area contributed by atoms with Crippen molar-refractivity contribution >= 4 is 38.5 Å². The average Bonchev–Trinajstić information content (AvgIpc) is 2.88. The molecule has 0 amide bonds. The van der Waals surface area contributed by atoms with Crippen LogP contribution in [0.4, 0.5) is 5.82 Å². The monoisotopic (exact) mass is 503 g/mol. The van der Waals surface area contributed by atoms with Crippen LogP contribution in [0.1, 0.15) is 17.2 Å². The molecule has 8 nitrogen and oxygen atoms in total. The third kappa shape index (κ3) is 4.91. The summed E-state index contributed by atoms with van der Waals surface area (Å²) in [6.45, 7) is 0. The van der Waals surface area contributed by atoms with Gasteiger partial charge in [0.2, 0.25) is 5.82 Å². The van der Waals surface area contributed by atoms with Crippen LogP contribution >= 0.6 is 11.6 Å². The quantitative estimate of drug-likeness (QED) is 0.331. The summed E-state index contributed by atoms with van der Waals surface area (Å²) in [6, 6.07) is 20.5. The second-order valence-corrected chi connectivity index (χ2v) is 9.53. The fraction of sp³-hybridized carbons (Fsp3) is 0.0400. The Labute approximate surface area is 206 Å². The molecular weight excluding hydrogens is 486 g/mol. The fourth-order valence-corrected chi connectivity index (χ4v) is 5.00. The zero-order valence-corrected chi connectivity index (χ0v) is 19.7. The summed E-state index contributed by atoms with van der Waals surface area (Å²) in [5.74, 6) is -0.0709. The van der Waals surface area contributed by atoms with Gasteiger partial charge in [-0.15, -0.1) is 0 Å². The van der Waals surface area contributed by atoms with E-state index in [2.05, 4.69) is 24.7 Å². The number of para-hydroxylation sites is 2. The van der Waals surface area contributed by atoms with Gasteiger partial charge >= 0.3 is 0 Å². The second kappa shape index (κ2) is 9.65. The zero-order chi connectivity index (χ0) is 24.3. The number of rotatable bonds is 7. The molecule has 3 heterocycles. The van der Waals surface area contributed by atoms with Crippen molar-refractivity contribution in [2.45, 2.75) is 11.0 Å². The van der Waals surface area contributed by atoms with E-state index >= 15 is 0 Å². The maximum Gasteiger partial charge on any atom is 0.264 e. The number of nitrogens with one attached hydrogen (secondary N) is 1. The standard InChI is InChI=1S/C25H18ClN5O3S/c26-19-9-1-4-12-22(19)35(32,33)31-24-25(30-21-11-3-2-10-20(21)29-24)34-23(17-7-5-13-27-15-17)18-8-6-14-28-16-18/h1-16,23H,(H,29,31). The van der Waals surface area contributed by atoms with Gasteiger partial charge in [0.25, 0.3) is 15.9 Å². The van der Waals surface area contributed by atoms with Crippen molar-refractivity contribution in [3.63, 3.8) is 0 Å². The van der Waals surface area contributed by atoms with E-state index in [0.717, 1.165) is 11.1 Å². The number of hydrogen-bond donors (Lipinski definition) is 1. The number of fused-ring (bicyclic) bond motifs is 1. The first-order valence-corrected chi connectivity index (χ1v) is 12.4. The van der Waals surface area contributed by atoms with Crippen LogP contribution in [-0.4, -0.2) is 28.4 Å². The molecule has 0 aliphatic rings. The summed E-state index contributed by atoms with van der Waals surface area (Å²) in [7, 11) is -4.09. The molecule has 5 rings (SSSR count). The topological polar surface area (TPSA) is 107 Å². The van der Waals surface area contributed by atoms with Gasteiger partial charge in [-0.2, -0.15) is 0 Å². The summed E-state index contributed by atoms with van der Waals surface area (Å²) in [6.07, 6.45) is 5.97. The van der Waals surface area contributed by atoms with Gasteiger partial charge in [-0.25, -0.2) is 18.4 Å². The van der Waals surface area contributed by atoms with Gasteiger partial charge in [-0.1, -0.05) is 48.0 Å². The molecule has 0 fully saturated rings. The molecule has 10 heteroatoms. The third-order valence-electron chi connectivity index (χ3n) is 5.10. The summed E-state index contributed by atoms with van der Waals surface area (Å²) in [5, 5.41) is 0.0832. The van der Waals surface area contributed by atoms with Crippen LogP contribution < -0.4 is 9.46 Å². The third-order valence-corrected chi connectivity index (χ3v) is 6.94. The highest BCUT2D eigenvalue weighted by atomic mass is 35.5. The van der Waals surface area contributed by atoms with E-state index in [1.807, 2.05) is 18.2 Å². The second-order valence-electron chi connectivity index (χ2n) is 7.47. The van der Waals surface area contributed by atoms with E-state index in [-0.39, 0.29) is 21.6 Å². The highest BCUT2D eigenvalue weighted by Gasteiger charge is 2.25. The molecule has 0 spiro atoms. The van der Waals surface area contributed by atoms with Crippen molar-refractivity contribution in [2.24, 2.45) is 0 Å². The summed E-state index contributed by atoms with van der Waals surface area (Å²) in [5.41, 5.74) is 2.50. The summed E-state index contributed by atoms with van der Waals surface area (Å²) >= 11 is 6.15. The molecule has 0 aliphatic carbocycles. The Morgan fingerprint density at radius 3 is 1.97 bits per heavy atom. The minimum Gasteiger partial charge on any atom is -0.462 e. The number of hydrogen-bond acceptors (Lipinski definition) is 7. The normalized spacial score (nSPS) is 11.5. The largest absolute Gasteiger partial charge is 0.462 e. The molecule has 174 valence electrons. The van der Waals surface area contributed by atoms with Crippen molar-refractivity contribution in [2.75, 3.05) is 4.72 Å². The Balaban J connectivity index is 1.62. The van der Waals surface area contributed by atoms with Gasteiger partial charge in [0.05, 0.1) is 16.1 Å². The van der Waals surface area contributed by atoms with E-state index in [0.29, 0.717) is 11.0 Å². The molecule has 5 aromatic rings. The van der Waals surface area contributed by atoms with Crippen molar-refractivity contribution < 1.29 is 13.2 Å². The molecule has 0 atom stereocenters. The van der Waals surface area contributed by atoms with Crippen LogP contribution in [0.3, 0.4) is 0 Å². The SMILES string of the molecule is O=S(=O)(Nc1nc2ccccc2nc1OC(c1cccnc1)c1cccnc1)c1ccccc1Cl. The number of benzene rings is 2. The molecule has 35 heavy (non-hydrogen) atoms. The van der Waals surface area contributed by atoms with Crippen LogP contribution in [0, 0.1) is 0 Å². The Hall–Kier alpha value is -4.08. The van der Waals surface area contributed by atoms with Crippen molar-refractivity contribution in [3.05, 3.63) is 114 Å². The first-order chi connectivity index (χ1) is 17.0. The Kier molecular flexibility index (Phi) is 6.26. The maximum atomic E-state index is 13.2. The lowest BCUT2D eigenvalue weighted by Crippen LogP contribution is -2.18. The van der Waals surface area contributed by atoms with E-state index < -0.39 is 16.1 Å². The van der Waals surface area contributed by atoms with Crippen LogP contribution in [0.5, 0.6) is 5.88 Å². The van der Waals surface area contributed by atoms with Crippen molar-refractivity contribution in [1.29, 1.82) is 0 Å². The lowest BCUT2D eigenvalue weighted by Gasteiger charge is -2.21. The highest BCUT2D eigenvalue weighted by Crippen LogP contribution is 2.33. The van der Waals surface area contributed by atoms with Gasteiger partial charge in [-0.3, -0.25) is 14.7 Å². The predicted octanol–water partition coefficient (Wildman–Crippen LogP) is 5.04. The summed E-state index contributed by atoms with van der Waals surface area (Å²) < 4.78 is 35.2. The number of ether oxygens (including phenoxy) is 1. The van der Waals surface area contributed by atoms with Gasteiger partial charge in [0, 0.05) is 35.9 Å². The molecule has 0 bridgehead atoms. The molecule has 0 unspecified atom stereocenters. The number of aromatic nitrogens is 4. The lowest BCUT2D eigenvalue weighted by atomic mass is 10.1. The lowest BCUT2D eigenvalue weighted by molar-refractivity contribution is 0.238. The number of anilines is 1. The maximum absolute atomic E-state index is 13.2. The first-order valence-electron chi connectivity index (χ1n) is 10.5. The van der Waals surface area contributed by atoms with Gasteiger partial charge < -0.3 is 4.74 Å². The number of nitrogens with zero attached hydrogens (tertiary/aromatic N) is 4. The Morgan fingerprint density at radius 2 is 1.37 bits per heavy atom. The Bertz CT molecular complexity index is 1550. The molecule has 1 N–H and O–H groups in total. The van der Waals surface area contributed by atoms with Gasteiger partial charge in [-0.05, 0) is 36.4 Å². The van der Waals surface area contributed by atoms with E-state index in [1.54, 1.807) is 67.3 Å². The van der Waals surface area contributed by atoms with Crippen LogP contribution in [0.25, 0.3) is 11.0 Å². The van der Waals surface area contributed by atoms with Crippen LogP contribution in [0.15, 0.2) is 102 Å². The average molecular weight is 504 g/mol. The number of pyridine rings is 2. The van der Waals surface area contributed by atoms with Gasteiger partial charge in [0.15, 0.2) is 6.10 Å². The fourth-order valence-electron chi connectivity index (χ4n) is 3.48. The number of halogens is 1. The molecular formula is C25H18ClN5O3S. The minimum absolute atomic E-state index is 0.00275.